The van der Waals surface area contributed by atoms with Gasteiger partial charge in [-0.2, -0.15) is 5.10 Å². The molecule has 0 aliphatic heterocycles. The molecule has 0 amide bonds. The lowest BCUT2D eigenvalue weighted by Crippen LogP contribution is -1.96. The molecule has 1 heterocycles. The molecule has 0 bridgehead atoms. The summed E-state index contributed by atoms with van der Waals surface area (Å²) in [6, 6.07) is 3.44. The lowest BCUT2D eigenvalue weighted by molar-refractivity contribution is 0.372. The van der Waals surface area contributed by atoms with Gasteiger partial charge >= 0.3 is 0 Å². The number of hydrogen-bond donors (Lipinski definition) is 1. The summed E-state index contributed by atoms with van der Waals surface area (Å²) in [7, 11) is 1.50. The molecule has 1 aromatic heterocycles. The van der Waals surface area contributed by atoms with Gasteiger partial charge in [0.1, 0.15) is 0 Å². The van der Waals surface area contributed by atoms with Crippen LogP contribution in [0.1, 0.15) is 17.2 Å². The monoisotopic (exact) mass is 324 g/mol. The zero-order chi connectivity index (χ0) is 14.0. The second-order valence-corrected chi connectivity index (χ2v) is 4.76. The van der Waals surface area contributed by atoms with E-state index in [4.69, 9.17) is 4.74 Å². The van der Waals surface area contributed by atoms with Crippen LogP contribution in [0, 0.1) is 13.8 Å². The van der Waals surface area contributed by atoms with E-state index in [1.54, 1.807) is 23.0 Å². The highest BCUT2D eigenvalue weighted by atomic mass is 79.9. The molecular formula is C12H13BrN4O2. The van der Waals surface area contributed by atoms with E-state index in [-0.39, 0.29) is 5.75 Å². The standard InChI is InChI=1S/C12H13BrN4O2/c1-7-15-16-8(2)17(7)14-6-9-4-10(13)12(18)11(5-9)19-3/h4-6,18H,1-3H3/b14-6+. The van der Waals surface area contributed by atoms with Crippen LogP contribution in [0.3, 0.4) is 0 Å². The highest BCUT2D eigenvalue weighted by Gasteiger charge is 2.08. The van der Waals surface area contributed by atoms with Crippen LogP contribution in [-0.2, 0) is 0 Å². The predicted octanol–water partition coefficient (Wildman–Crippen LogP) is 2.25. The molecule has 1 N–H and O–H groups in total. The minimum atomic E-state index is 0.0660. The summed E-state index contributed by atoms with van der Waals surface area (Å²) in [6.45, 7) is 3.65. The molecule has 0 saturated heterocycles. The van der Waals surface area contributed by atoms with Gasteiger partial charge in [-0.1, -0.05) is 0 Å². The summed E-state index contributed by atoms with van der Waals surface area (Å²) in [6.07, 6.45) is 1.65. The van der Waals surface area contributed by atoms with Crippen LogP contribution in [0.4, 0.5) is 0 Å². The minimum absolute atomic E-state index is 0.0660. The van der Waals surface area contributed by atoms with Crippen molar-refractivity contribution in [3.05, 3.63) is 33.8 Å². The molecule has 7 heteroatoms. The third-order valence-corrected chi connectivity index (χ3v) is 3.15. The molecule has 2 aromatic rings. The number of methoxy groups -OCH3 is 1. The van der Waals surface area contributed by atoms with Gasteiger partial charge in [0.15, 0.2) is 23.1 Å². The first kappa shape index (κ1) is 13.5. The first-order valence-electron chi connectivity index (χ1n) is 5.52. The molecule has 0 unspecified atom stereocenters. The van der Waals surface area contributed by atoms with Crippen LogP contribution in [-0.4, -0.2) is 33.3 Å². The van der Waals surface area contributed by atoms with Crippen molar-refractivity contribution < 1.29 is 9.84 Å². The molecule has 0 atom stereocenters. The fraction of sp³-hybridized carbons (Fsp3) is 0.250. The second-order valence-electron chi connectivity index (χ2n) is 3.90. The fourth-order valence-corrected chi connectivity index (χ4v) is 2.04. The Hall–Kier alpha value is -1.89. The van der Waals surface area contributed by atoms with E-state index in [1.165, 1.54) is 7.11 Å². The van der Waals surface area contributed by atoms with Gasteiger partial charge in [0, 0.05) is 0 Å². The van der Waals surface area contributed by atoms with Crippen LogP contribution < -0.4 is 4.74 Å². The van der Waals surface area contributed by atoms with E-state index in [2.05, 4.69) is 31.2 Å². The zero-order valence-corrected chi connectivity index (χ0v) is 12.3. The van der Waals surface area contributed by atoms with Gasteiger partial charge in [-0.15, -0.1) is 10.2 Å². The van der Waals surface area contributed by atoms with E-state index < -0.39 is 0 Å². The van der Waals surface area contributed by atoms with E-state index >= 15 is 0 Å². The van der Waals surface area contributed by atoms with Gasteiger partial charge in [0.2, 0.25) is 0 Å². The van der Waals surface area contributed by atoms with Gasteiger partial charge in [-0.3, -0.25) is 0 Å². The topological polar surface area (TPSA) is 72.5 Å². The first-order valence-corrected chi connectivity index (χ1v) is 6.31. The maximum absolute atomic E-state index is 9.72. The van der Waals surface area contributed by atoms with Gasteiger partial charge in [0.05, 0.1) is 17.8 Å². The summed E-state index contributed by atoms with van der Waals surface area (Å²) < 4.78 is 7.26. The van der Waals surface area contributed by atoms with Crippen molar-refractivity contribution >= 4 is 22.1 Å². The summed E-state index contributed by atoms with van der Waals surface area (Å²) >= 11 is 3.26. The zero-order valence-electron chi connectivity index (χ0n) is 10.8. The molecule has 2 rings (SSSR count). The number of aromatic nitrogens is 3. The Morgan fingerprint density at radius 3 is 2.53 bits per heavy atom. The van der Waals surface area contributed by atoms with Crippen molar-refractivity contribution in [2.75, 3.05) is 7.11 Å². The number of halogens is 1. The van der Waals surface area contributed by atoms with E-state index in [0.717, 1.165) is 5.56 Å². The number of aromatic hydroxyl groups is 1. The van der Waals surface area contributed by atoms with Crippen molar-refractivity contribution in [2.45, 2.75) is 13.8 Å². The van der Waals surface area contributed by atoms with Crippen molar-refractivity contribution in [3.63, 3.8) is 0 Å². The van der Waals surface area contributed by atoms with Crippen LogP contribution in [0.15, 0.2) is 21.7 Å². The summed E-state index contributed by atoms with van der Waals surface area (Å²) in [5.41, 5.74) is 0.786. The second kappa shape index (κ2) is 5.40. The van der Waals surface area contributed by atoms with Gasteiger partial charge < -0.3 is 9.84 Å². The quantitative estimate of drug-likeness (QED) is 0.879. The summed E-state index contributed by atoms with van der Waals surface area (Å²) in [5.74, 6) is 1.86. The van der Waals surface area contributed by atoms with E-state index in [1.807, 2.05) is 13.8 Å². The van der Waals surface area contributed by atoms with Gasteiger partial charge in [0.25, 0.3) is 0 Å². The average molecular weight is 325 g/mol. The molecule has 0 aliphatic carbocycles. The number of rotatable bonds is 3. The van der Waals surface area contributed by atoms with Crippen LogP contribution in [0.2, 0.25) is 0 Å². The van der Waals surface area contributed by atoms with Gasteiger partial charge in [-0.25, -0.2) is 4.68 Å². The maximum atomic E-state index is 9.72. The van der Waals surface area contributed by atoms with Crippen molar-refractivity contribution in [3.8, 4) is 11.5 Å². The molecule has 0 radical (unpaired) electrons. The molecule has 100 valence electrons. The van der Waals surface area contributed by atoms with Crippen LogP contribution >= 0.6 is 15.9 Å². The van der Waals surface area contributed by atoms with E-state index in [9.17, 15) is 5.11 Å². The molecule has 0 fully saturated rings. The average Bonchev–Trinajstić information content (AvgIpc) is 2.70. The fourth-order valence-electron chi connectivity index (χ4n) is 1.58. The van der Waals surface area contributed by atoms with E-state index in [0.29, 0.717) is 21.9 Å². The Balaban J connectivity index is 2.36. The van der Waals surface area contributed by atoms with Gasteiger partial charge in [-0.05, 0) is 47.5 Å². The molecule has 0 aliphatic rings. The van der Waals surface area contributed by atoms with Crippen molar-refractivity contribution in [1.29, 1.82) is 0 Å². The lowest BCUT2D eigenvalue weighted by atomic mass is 10.2. The summed E-state index contributed by atoms with van der Waals surface area (Å²) in [4.78, 5) is 0. The third kappa shape index (κ3) is 2.76. The number of benzene rings is 1. The molecule has 0 spiro atoms. The Kier molecular flexibility index (Phi) is 3.84. The number of ether oxygens (including phenoxy) is 1. The number of nitrogens with zero attached hydrogens (tertiary/aromatic N) is 4. The summed E-state index contributed by atoms with van der Waals surface area (Å²) in [5, 5.41) is 21.8. The predicted molar refractivity (Wildman–Crippen MR) is 74.8 cm³/mol. The minimum Gasteiger partial charge on any atom is -0.503 e. The largest absolute Gasteiger partial charge is 0.503 e. The Morgan fingerprint density at radius 2 is 1.95 bits per heavy atom. The van der Waals surface area contributed by atoms with Crippen molar-refractivity contribution in [2.24, 2.45) is 5.10 Å². The SMILES string of the molecule is COc1cc(/C=N/n2c(C)nnc2C)cc(Br)c1O. The Morgan fingerprint density at radius 1 is 1.32 bits per heavy atom. The number of phenols is 1. The molecule has 6 nitrogen and oxygen atoms in total. The molecular weight excluding hydrogens is 312 g/mol. The molecule has 0 saturated carbocycles. The highest BCUT2D eigenvalue weighted by molar-refractivity contribution is 9.10. The first-order chi connectivity index (χ1) is 9.02. The number of phenolic OH excluding ortho intramolecular Hbond substituents is 1. The highest BCUT2D eigenvalue weighted by Crippen LogP contribution is 2.34. The third-order valence-electron chi connectivity index (χ3n) is 2.55. The number of hydrogen-bond acceptors (Lipinski definition) is 5. The molecule has 1 aromatic carbocycles. The molecule has 19 heavy (non-hydrogen) atoms. The number of aryl methyl sites for hydroxylation is 2. The Labute approximate surface area is 118 Å². The van der Waals surface area contributed by atoms with Crippen molar-refractivity contribution in [1.82, 2.24) is 14.9 Å². The van der Waals surface area contributed by atoms with Crippen LogP contribution in [0.25, 0.3) is 0 Å². The normalized spacial score (nSPS) is 11.2. The Bertz CT molecular complexity index is 617. The van der Waals surface area contributed by atoms with Crippen LogP contribution in [0.5, 0.6) is 11.5 Å². The maximum Gasteiger partial charge on any atom is 0.172 e. The lowest BCUT2D eigenvalue weighted by Gasteiger charge is -2.06. The smallest absolute Gasteiger partial charge is 0.172 e.